The lowest BCUT2D eigenvalue weighted by Crippen LogP contribution is -2.51. The van der Waals surface area contributed by atoms with Gasteiger partial charge in [-0.25, -0.2) is 0 Å². The third-order valence-electron chi connectivity index (χ3n) is 5.91. The highest BCUT2D eigenvalue weighted by atomic mass is 35.5. The van der Waals surface area contributed by atoms with Crippen LogP contribution >= 0.6 is 23.2 Å². The molecule has 1 N–H and O–H groups in total. The second kappa shape index (κ2) is 13.3. The minimum Gasteiger partial charge on any atom is -0.483 e. The van der Waals surface area contributed by atoms with Crippen molar-refractivity contribution in [2.45, 2.75) is 46.2 Å². The smallest absolute Gasteiger partial charge is 0.261 e. The van der Waals surface area contributed by atoms with Crippen molar-refractivity contribution in [1.82, 2.24) is 10.2 Å². The molecule has 0 spiro atoms. The summed E-state index contributed by atoms with van der Waals surface area (Å²) in [6.07, 6.45) is 1.12. The summed E-state index contributed by atoms with van der Waals surface area (Å²) in [7, 11) is 0. The molecule has 0 saturated carbocycles. The van der Waals surface area contributed by atoms with Crippen LogP contribution in [0.2, 0.25) is 10.0 Å². The Kier molecular flexibility index (Phi) is 10.2. The van der Waals surface area contributed by atoms with Gasteiger partial charge in [0.2, 0.25) is 5.91 Å². The normalized spacial score (nSPS) is 11.6. The summed E-state index contributed by atoms with van der Waals surface area (Å²) in [4.78, 5) is 28.6. The minimum atomic E-state index is -0.777. The maximum absolute atomic E-state index is 13.7. The molecule has 7 heteroatoms. The Bertz CT molecular complexity index is 1160. The number of carbonyl (C=O) groups is 2. The molecule has 0 heterocycles. The van der Waals surface area contributed by atoms with Crippen molar-refractivity contribution < 1.29 is 14.3 Å². The molecular weight excluding hydrogens is 495 g/mol. The molecule has 0 radical (unpaired) electrons. The molecule has 5 nitrogen and oxygen atoms in total. The van der Waals surface area contributed by atoms with Crippen LogP contribution in [0.15, 0.2) is 66.7 Å². The van der Waals surface area contributed by atoms with Crippen molar-refractivity contribution in [2.24, 2.45) is 0 Å². The van der Waals surface area contributed by atoms with Crippen LogP contribution in [0, 0.1) is 13.8 Å². The van der Waals surface area contributed by atoms with Crippen LogP contribution in [0.1, 0.15) is 35.6 Å². The second-order valence-electron chi connectivity index (χ2n) is 8.78. The zero-order chi connectivity index (χ0) is 26.1. The Morgan fingerprint density at radius 3 is 2.33 bits per heavy atom. The number of rotatable bonds is 11. The van der Waals surface area contributed by atoms with E-state index in [9.17, 15) is 9.59 Å². The second-order valence-corrected chi connectivity index (χ2v) is 9.59. The number of nitrogens with one attached hydrogen (secondary N) is 1. The fraction of sp³-hybridized carbons (Fsp3) is 0.310. The molecule has 0 aromatic heterocycles. The highest BCUT2D eigenvalue weighted by Crippen LogP contribution is 2.27. The monoisotopic (exact) mass is 526 g/mol. The van der Waals surface area contributed by atoms with E-state index in [4.69, 9.17) is 27.9 Å². The van der Waals surface area contributed by atoms with Gasteiger partial charge in [-0.3, -0.25) is 9.59 Å². The minimum absolute atomic E-state index is 0.0740. The van der Waals surface area contributed by atoms with Crippen molar-refractivity contribution in [3.63, 3.8) is 0 Å². The molecule has 0 bridgehead atoms. The number of nitrogens with zero attached hydrogens (tertiary/aromatic N) is 1. The molecule has 0 aliphatic carbocycles. The molecule has 3 aromatic carbocycles. The van der Waals surface area contributed by atoms with E-state index in [0.29, 0.717) is 34.3 Å². The van der Waals surface area contributed by atoms with Gasteiger partial charge in [0.25, 0.3) is 5.91 Å². The third kappa shape index (κ3) is 7.49. The molecule has 36 heavy (non-hydrogen) atoms. The summed E-state index contributed by atoms with van der Waals surface area (Å²) in [5.74, 6) is 0.0672. The third-order valence-corrected chi connectivity index (χ3v) is 6.61. The van der Waals surface area contributed by atoms with Gasteiger partial charge in [0.05, 0.1) is 0 Å². The van der Waals surface area contributed by atoms with E-state index in [1.807, 2.05) is 69.3 Å². The highest BCUT2D eigenvalue weighted by Gasteiger charge is 2.31. The zero-order valence-corrected chi connectivity index (χ0v) is 22.4. The maximum atomic E-state index is 13.7. The van der Waals surface area contributed by atoms with Crippen LogP contribution in [0.3, 0.4) is 0 Å². The molecule has 0 fully saturated rings. The van der Waals surface area contributed by atoms with E-state index in [1.165, 1.54) is 4.90 Å². The van der Waals surface area contributed by atoms with Crippen molar-refractivity contribution in [1.29, 1.82) is 0 Å². The van der Waals surface area contributed by atoms with E-state index < -0.39 is 6.04 Å². The first kappa shape index (κ1) is 27.6. The van der Waals surface area contributed by atoms with E-state index in [0.717, 1.165) is 23.1 Å². The number of carbonyl (C=O) groups excluding carboxylic acids is 2. The van der Waals surface area contributed by atoms with Crippen LogP contribution in [0.5, 0.6) is 5.75 Å². The Hall–Kier alpha value is -3.02. The SMILES string of the molecule is CCCNC(=O)[C@H](Cc1ccccc1)N(Cc1c(Cl)cccc1Cl)C(=O)COc1cc(C)ccc1C. The Balaban J connectivity index is 1.96. The molecule has 190 valence electrons. The van der Waals surface area contributed by atoms with Gasteiger partial charge in [0.15, 0.2) is 6.61 Å². The van der Waals surface area contributed by atoms with Crippen molar-refractivity contribution in [3.8, 4) is 5.75 Å². The van der Waals surface area contributed by atoms with Gasteiger partial charge in [-0.1, -0.05) is 78.7 Å². The average molecular weight is 527 g/mol. The Morgan fingerprint density at radius 2 is 1.67 bits per heavy atom. The lowest BCUT2D eigenvalue weighted by atomic mass is 10.0. The molecule has 0 saturated heterocycles. The van der Waals surface area contributed by atoms with Gasteiger partial charge in [-0.05, 0) is 55.2 Å². The summed E-state index contributed by atoms with van der Waals surface area (Å²) in [5, 5.41) is 3.82. The number of aryl methyl sites for hydroxylation is 2. The van der Waals surface area contributed by atoms with E-state index >= 15 is 0 Å². The molecule has 3 rings (SSSR count). The molecule has 2 amide bonds. The summed E-state index contributed by atoms with van der Waals surface area (Å²) >= 11 is 12.9. The van der Waals surface area contributed by atoms with Gasteiger partial charge < -0.3 is 15.0 Å². The van der Waals surface area contributed by atoms with Gasteiger partial charge in [-0.2, -0.15) is 0 Å². The molecule has 1 atom stereocenters. The molecule has 0 aliphatic rings. The fourth-order valence-electron chi connectivity index (χ4n) is 3.86. The number of ether oxygens (including phenoxy) is 1. The molecule has 0 unspecified atom stereocenters. The largest absolute Gasteiger partial charge is 0.483 e. The van der Waals surface area contributed by atoms with Crippen molar-refractivity contribution >= 4 is 35.0 Å². The topological polar surface area (TPSA) is 58.6 Å². The van der Waals surface area contributed by atoms with Crippen LogP contribution in [0.25, 0.3) is 0 Å². The van der Waals surface area contributed by atoms with Gasteiger partial charge in [0.1, 0.15) is 11.8 Å². The fourth-order valence-corrected chi connectivity index (χ4v) is 4.38. The number of hydrogen-bond donors (Lipinski definition) is 1. The lowest BCUT2D eigenvalue weighted by Gasteiger charge is -2.32. The lowest BCUT2D eigenvalue weighted by molar-refractivity contribution is -0.142. The van der Waals surface area contributed by atoms with Crippen LogP contribution in [0.4, 0.5) is 0 Å². The first-order chi connectivity index (χ1) is 17.3. The average Bonchev–Trinajstić information content (AvgIpc) is 2.87. The predicted octanol–water partition coefficient (Wildman–Crippen LogP) is 6.16. The summed E-state index contributed by atoms with van der Waals surface area (Å²) < 4.78 is 5.93. The van der Waals surface area contributed by atoms with Gasteiger partial charge in [-0.15, -0.1) is 0 Å². The molecular formula is C29H32Cl2N2O3. The number of benzene rings is 3. The number of hydrogen-bond acceptors (Lipinski definition) is 3. The van der Waals surface area contributed by atoms with E-state index in [1.54, 1.807) is 18.2 Å². The Morgan fingerprint density at radius 1 is 0.972 bits per heavy atom. The van der Waals surface area contributed by atoms with Crippen LogP contribution in [-0.2, 0) is 22.6 Å². The summed E-state index contributed by atoms with van der Waals surface area (Å²) in [5.41, 5.74) is 3.48. The Labute approximate surface area is 223 Å². The summed E-state index contributed by atoms with van der Waals surface area (Å²) in [6, 6.07) is 19.9. The number of amides is 2. The van der Waals surface area contributed by atoms with E-state index in [2.05, 4.69) is 5.32 Å². The van der Waals surface area contributed by atoms with Gasteiger partial charge >= 0.3 is 0 Å². The molecule has 0 aliphatic heterocycles. The summed E-state index contributed by atoms with van der Waals surface area (Å²) in [6.45, 7) is 6.24. The molecule has 3 aromatic rings. The van der Waals surface area contributed by atoms with E-state index in [-0.39, 0.29) is 25.0 Å². The zero-order valence-electron chi connectivity index (χ0n) is 20.9. The van der Waals surface area contributed by atoms with Crippen molar-refractivity contribution in [3.05, 3.63) is 99.0 Å². The van der Waals surface area contributed by atoms with Gasteiger partial charge in [0, 0.05) is 35.1 Å². The predicted molar refractivity (Wildman–Crippen MR) is 146 cm³/mol. The first-order valence-corrected chi connectivity index (χ1v) is 12.8. The maximum Gasteiger partial charge on any atom is 0.261 e. The van der Waals surface area contributed by atoms with Crippen LogP contribution in [-0.4, -0.2) is 35.9 Å². The highest BCUT2D eigenvalue weighted by molar-refractivity contribution is 6.36. The first-order valence-electron chi connectivity index (χ1n) is 12.0. The number of halogens is 2. The van der Waals surface area contributed by atoms with Crippen LogP contribution < -0.4 is 10.1 Å². The quantitative estimate of drug-likeness (QED) is 0.325. The van der Waals surface area contributed by atoms with Crippen molar-refractivity contribution in [2.75, 3.05) is 13.2 Å². The standard InChI is InChI=1S/C29H32Cl2N2O3/c1-4-15-32-29(35)26(17-22-9-6-5-7-10-22)33(18-23-24(30)11-8-12-25(23)31)28(34)19-36-27-16-20(2)13-14-21(27)3/h5-14,16,26H,4,15,17-19H2,1-3H3,(H,32,35)/t26-/m0/s1.